The van der Waals surface area contributed by atoms with Crippen LogP contribution in [0.1, 0.15) is 23.8 Å². The Hall–Kier alpha value is -1.58. The van der Waals surface area contributed by atoms with Crippen LogP contribution in [0.5, 0.6) is 0 Å². The molecule has 0 saturated carbocycles. The van der Waals surface area contributed by atoms with Gasteiger partial charge in [-0.2, -0.15) is 0 Å². The van der Waals surface area contributed by atoms with E-state index in [9.17, 15) is 0 Å². The van der Waals surface area contributed by atoms with Crippen molar-refractivity contribution in [2.75, 3.05) is 0 Å². The minimum atomic E-state index is -0.153. The van der Waals surface area contributed by atoms with Crippen molar-refractivity contribution in [3.05, 3.63) is 59.1 Å². The highest BCUT2D eigenvalue weighted by Crippen LogP contribution is 2.26. The monoisotopic (exact) mass is 319 g/mol. The van der Waals surface area contributed by atoms with E-state index in [4.69, 9.17) is 23.2 Å². The molecule has 5 heteroatoms. The number of hydrogen-bond acceptors (Lipinski definition) is 2. The molecule has 2 aromatic heterocycles. The zero-order chi connectivity index (χ0) is 14.8. The van der Waals surface area contributed by atoms with Gasteiger partial charge in [0.05, 0.1) is 16.4 Å². The Morgan fingerprint density at radius 3 is 2.81 bits per heavy atom. The summed E-state index contributed by atoms with van der Waals surface area (Å²) in [5.74, 6) is 0.866. The molecule has 0 aliphatic rings. The molecule has 2 heterocycles. The number of nitrogens with zero attached hydrogens (tertiary/aromatic N) is 3. The summed E-state index contributed by atoms with van der Waals surface area (Å²) in [5, 5.41) is 0.533. The van der Waals surface area contributed by atoms with Crippen LogP contribution in [0.4, 0.5) is 0 Å². The van der Waals surface area contributed by atoms with Gasteiger partial charge >= 0.3 is 0 Å². The third-order valence-electron chi connectivity index (χ3n) is 3.41. The second-order valence-corrected chi connectivity index (χ2v) is 6.03. The molecule has 0 aliphatic carbocycles. The summed E-state index contributed by atoms with van der Waals surface area (Å²) in [6.45, 7) is 2.73. The number of halogens is 2. The summed E-state index contributed by atoms with van der Waals surface area (Å²) in [6.07, 6.45) is 2.65. The SMILES string of the molecule is CC(Cl)c1nc2cc(Cl)ccc2n1CCc1ccccn1. The first-order valence-electron chi connectivity index (χ1n) is 6.85. The van der Waals surface area contributed by atoms with Gasteiger partial charge < -0.3 is 4.57 Å². The third kappa shape index (κ3) is 3.04. The number of aromatic nitrogens is 3. The van der Waals surface area contributed by atoms with E-state index < -0.39 is 0 Å². The molecule has 21 heavy (non-hydrogen) atoms. The average Bonchev–Trinajstić information content (AvgIpc) is 2.84. The predicted molar refractivity (Wildman–Crippen MR) is 87.0 cm³/mol. The van der Waals surface area contributed by atoms with Crippen LogP contribution in [0.15, 0.2) is 42.6 Å². The number of hydrogen-bond donors (Lipinski definition) is 0. The van der Waals surface area contributed by atoms with Gasteiger partial charge in [0.25, 0.3) is 0 Å². The number of pyridine rings is 1. The van der Waals surface area contributed by atoms with Gasteiger partial charge in [0, 0.05) is 29.9 Å². The molecular formula is C16H15Cl2N3. The predicted octanol–water partition coefficient (Wildman–Crippen LogP) is 4.63. The fraction of sp³-hybridized carbons (Fsp3) is 0.250. The molecule has 108 valence electrons. The number of aryl methyl sites for hydroxylation is 2. The highest BCUT2D eigenvalue weighted by molar-refractivity contribution is 6.31. The normalized spacial score (nSPS) is 12.7. The van der Waals surface area contributed by atoms with Crippen molar-refractivity contribution in [2.24, 2.45) is 0 Å². The minimum absolute atomic E-state index is 0.153. The van der Waals surface area contributed by atoms with E-state index in [0.29, 0.717) is 5.02 Å². The number of fused-ring (bicyclic) bond motifs is 1. The van der Waals surface area contributed by atoms with Crippen LogP contribution in [0.2, 0.25) is 5.02 Å². The highest BCUT2D eigenvalue weighted by atomic mass is 35.5. The van der Waals surface area contributed by atoms with Crippen LogP contribution >= 0.6 is 23.2 Å². The van der Waals surface area contributed by atoms with Gasteiger partial charge in [-0.05, 0) is 37.3 Å². The topological polar surface area (TPSA) is 30.7 Å². The fourth-order valence-corrected chi connectivity index (χ4v) is 2.77. The summed E-state index contributed by atoms with van der Waals surface area (Å²) in [5.41, 5.74) is 2.99. The Morgan fingerprint density at radius 1 is 1.24 bits per heavy atom. The Morgan fingerprint density at radius 2 is 2.10 bits per heavy atom. The maximum Gasteiger partial charge on any atom is 0.127 e. The molecule has 3 aromatic rings. The number of rotatable bonds is 4. The molecule has 0 saturated heterocycles. The van der Waals surface area contributed by atoms with Gasteiger partial charge in [-0.25, -0.2) is 4.98 Å². The van der Waals surface area contributed by atoms with Crippen molar-refractivity contribution in [1.29, 1.82) is 0 Å². The maximum atomic E-state index is 6.27. The summed E-state index contributed by atoms with van der Waals surface area (Å²) >= 11 is 12.3. The van der Waals surface area contributed by atoms with E-state index >= 15 is 0 Å². The summed E-state index contributed by atoms with van der Waals surface area (Å²) in [4.78, 5) is 8.97. The molecule has 1 atom stereocenters. The molecule has 0 spiro atoms. The van der Waals surface area contributed by atoms with Gasteiger partial charge in [-0.3, -0.25) is 4.98 Å². The fourth-order valence-electron chi connectivity index (χ4n) is 2.43. The van der Waals surface area contributed by atoms with E-state index in [2.05, 4.69) is 14.5 Å². The second kappa shape index (κ2) is 6.04. The number of imidazole rings is 1. The molecule has 0 bridgehead atoms. The van der Waals surface area contributed by atoms with Crippen LogP contribution in [0.3, 0.4) is 0 Å². The van der Waals surface area contributed by atoms with Crippen molar-refractivity contribution in [3.8, 4) is 0 Å². The van der Waals surface area contributed by atoms with E-state index in [1.54, 1.807) is 0 Å². The van der Waals surface area contributed by atoms with Crippen molar-refractivity contribution in [2.45, 2.75) is 25.3 Å². The average molecular weight is 320 g/mol. The standard InChI is InChI=1S/C16H15Cl2N3/c1-11(17)16-20-14-10-12(18)5-6-15(14)21(16)9-7-13-4-2-3-8-19-13/h2-6,8,10-11H,7,9H2,1H3. The number of alkyl halides is 1. The van der Waals surface area contributed by atoms with Crippen molar-refractivity contribution in [3.63, 3.8) is 0 Å². The van der Waals surface area contributed by atoms with Crippen molar-refractivity contribution < 1.29 is 0 Å². The molecule has 1 aromatic carbocycles. The third-order valence-corrected chi connectivity index (χ3v) is 3.84. The zero-order valence-corrected chi connectivity index (χ0v) is 13.1. The molecule has 0 amide bonds. The lowest BCUT2D eigenvalue weighted by Gasteiger charge is -2.10. The molecule has 0 aliphatic heterocycles. The smallest absolute Gasteiger partial charge is 0.127 e. The summed E-state index contributed by atoms with van der Waals surface area (Å²) in [6, 6.07) is 11.7. The summed E-state index contributed by atoms with van der Waals surface area (Å²) in [7, 11) is 0. The molecule has 3 nitrogen and oxygen atoms in total. The van der Waals surface area contributed by atoms with E-state index in [-0.39, 0.29) is 5.38 Å². The van der Waals surface area contributed by atoms with Gasteiger partial charge in [0.1, 0.15) is 5.82 Å². The van der Waals surface area contributed by atoms with Crippen LogP contribution in [-0.2, 0) is 13.0 Å². The van der Waals surface area contributed by atoms with Crippen LogP contribution in [0.25, 0.3) is 11.0 Å². The Labute approximate surface area is 133 Å². The van der Waals surface area contributed by atoms with E-state index in [1.165, 1.54) is 0 Å². The van der Waals surface area contributed by atoms with Crippen LogP contribution in [0, 0.1) is 0 Å². The number of benzene rings is 1. The minimum Gasteiger partial charge on any atom is -0.326 e. The Bertz CT molecular complexity index is 751. The van der Waals surface area contributed by atoms with Crippen LogP contribution in [-0.4, -0.2) is 14.5 Å². The first-order chi connectivity index (χ1) is 10.1. The maximum absolute atomic E-state index is 6.27. The largest absolute Gasteiger partial charge is 0.326 e. The first kappa shape index (κ1) is 14.4. The second-order valence-electron chi connectivity index (χ2n) is 4.94. The zero-order valence-electron chi connectivity index (χ0n) is 11.6. The molecule has 0 radical (unpaired) electrons. The van der Waals surface area contributed by atoms with Gasteiger partial charge in [0.15, 0.2) is 0 Å². The van der Waals surface area contributed by atoms with Crippen LogP contribution < -0.4 is 0 Å². The Balaban J connectivity index is 1.97. The van der Waals surface area contributed by atoms with Gasteiger partial charge in [-0.1, -0.05) is 17.7 Å². The summed E-state index contributed by atoms with van der Waals surface area (Å²) < 4.78 is 2.15. The lowest BCUT2D eigenvalue weighted by atomic mass is 10.2. The molecule has 1 unspecified atom stereocenters. The van der Waals surface area contributed by atoms with E-state index in [0.717, 1.165) is 35.5 Å². The lowest BCUT2D eigenvalue weighted by Crippen LogP contribution is -2.07. The van der Waals surface area contributed by atoms with Gasteiger partial charge in [0.2, 0.25) is 0 Å². The van der Waals surface area contributed by atoms with Gasteiger partial charge in [-0.15, -0.1) is 11.6 Å². The highest BCUT2D eigenvalue weighted by Gasteiger charge is 2.15. The first-order valence-corrected chi connectivity index (χ1v) is 7.66. The van der Waals surface area contributed by atoms with Crippen molar-refractivity contribution in [1.82, 2.24) is 14.5 Å². The quantitative estimate of drug-likeness (QED) is 0.656. The molecule has 3 rings (SSSR count). The molecule has 0 fully saturated rings. The Kier molecular flexibility index (Phi) is 4.13. The van der Waals surface area contributed by atoms with Crippen molar-refractivity contribution >= 4 is 34.2 Å². The van der Waals surface area contributed by atoms with E-state index in [1.807, 2.05) is 49.5 Å². The lowest BCUT2D eigenvalue weighted by molar-refractivity contribution is 0.660. The molecule has 0 N–H and O–H groups in total. The molecular weight excluding hydrogens is 305 g/mol.